The van der Waals surface area contributed by atoms with Gasteiger partial charge in [-0.2, -0.15) is 0 Å². The molecule has 0 aliphatic heterocycles. The van der Waals surface area contributed by atoms with E-state index in [1.165, 1.54) is 24.2 Å². The van der Waals surface area contributed by atoms with Crippen LogP contribution >= 0.6 is 11.8 Å². The number of aromatic nitrogens is 3. The van der Waals surface area contributed by atoms with Gasteiger partial charge in [0.2, 0.25) is 0 Å². The van der Waals surface area contributed by atoms with E-state index in [-0.39, 0.29) is 17.3 Å². The second-order valence-corrected chi connectivity index (χ2v) is 7.71. The summed E-state index contributed by atoms with van der Waals surface area (Å²) in [6.07, 6.45) is 3.65. The number of carbonyl (C=O) groups is 2. The summed E-state index contributed by atoms with van der Waals surface area (Å²) < 4.78 is 2.00. The summed E-state index contributed by atoms with van der Waals surface area (Å²) >= 11 is 1.39. The highest BCUT2D eigenvalue weighted by molar-refractivity contribution is 7.99. The molecular weight excluding hydrogens is 358 g/mol. The van der Waals surface area contributed by atoms with Crippen LogP contribution in [0.15, 0.2) is 35.7 Å². The van der Waals surface area contributed by atoms with Gasteiger partial charge in [-0.05, 0) is 51.8 Å². The Morgan fingerprint density at radius 1 is 1.19 bits per heavy atom. The minimum atomic E-state index is -0.0386. The second-order valence-electron chi connectivity index (χ2n) is 6.76. The molecule has 0 spiro atoms. The molecule has 0 saturated carbocycles. The average molecular weight is 382 g/mol. The first-order chi connectivity index (χ1) is 12.8. The molecule has 0 fully saturated rings. The number of aryl methyl sites for hydroxylation is 3. The third-order valence-corrected chi connectivity index (χ3v) is 5.59. The molecule has 0 aliphatic carbocycles. The molecule has 0 unspecified atom stereocenters. The summed E-state index contributed by atoms with van der Waals surface area (Å²) in [6, 6.07) is 6.26. The first kappa shape index (κ1) is 19.2. The van der Waals surface area contributed by atoms with Crippen LogP contribution in [0.3, 0.4) is 0 Å². The maximum Gasteiger partial charge on any atom is 0.189 e. The van der Waals surface area contributed by atoms with Crippen molar-refractivity contribution in [3.8, 4) is 5.69 Å². The van der Waals surface area contributed by atoms with Crippen molar-refractivity contribution in [1.82, 2.24) is 14.5 Å². The van der Waals surface area contributed by atoms with Gasteiger partial charge in [0.25, 0.3) is 0 Å². The van der Waals surface area contributed by atoms with Gasteiger partial charge in [0, 0.05) is 23.7 Å². The normalized spacial score (nSPS) is 11.0. The molecule has 5 nitrogen and oxygen atoms in total. The van der Waals surface area contributed by atoms with Crippen molar-refractivity contribution in [2.24, 2.45) is 0 Å². The van der Waals surface area contributed by atoms with Gasteiger partial charge in [0.15, 0.2) is 16.7 Å². The van der Waals surface area contributed by atoms with Gasteiger partial charge in [-0.3, -0.25) is 14.2 Å². The predicted octanol–water partition coefficient (Wildman–Crippen LogP) is 4.61. The number of hydrogen-bond acceptors (Lipinski definition) is 4. The summed E-state index contributed by atoms with van der Waals surface area (Å²) in [5, 5.41) is 0.767. The zero-order valence-electron chi connectivity index (χ0n) is 16.2. The van der Waals surface area contributed by atoms with Crippen molar-refractivity contribution in [3.05, 3.63) is 64.2 Å². The largest absolute Gasteiger partial charge is 0.355 e. The molecule has 1 aromatic carbocycles. The van der Waals surface area contributed by atoms with Gasteiger partial charge in [-0.25, -0.2) is 4.98 Å². The number of rotatable bonds is 6. The standard InChI is InChI=1S/C21H23N3O2S/c1-12-6-7-17(13(2)10-12)24-9-8-22-21(24)27-11-18(26)20-14(3)19(16(5)25)15(4)23-20/h6-10,23H,11H2,1-5H3. The average Bonchev–Trinajstić information content (AvgIpc) is 3.16. The number of nitrogens with zero attached hydrogens (tertiary/aromatic N) is 2. The topological polar surface area (TPSA) is 67.8 Å². The lowest BCUT2D eigenvalue weighted by molar-refractivity contribution is 0.101. The molecular formula is C21H23N3O2S. The molecule has 2 aromatic heterocycles. The fourth-order valence-corrected chi connectivity index (χ4v) is 4.25. The lowest BCUT2D eigenvalue weighted by atomic mass is 10.1. The first-order valence-corrected chi connectivity index (χ1v) is 9.75. The van der Waals surface area contributed by atoms with Gasteiger partial charge in [-0.15, -0.1) is 0 Å². The van der Waals surface area contributed by atoms with Crippen LogP contribution in [0.4, 0.5) is 0 Å². The maximum absolute atomic E-state index is 12.7. The number of carbonyl (C=O) groups excluding carboxylic acids is 2. The Bertz CT molecular complexity index is 1030. The van der Waals surface area contributed by atoms with Crippen LogP contribution in [-0.2, 0) is 0 Å². The summed E-state index contributed by atoms with van der Waals surface area (Å²) in [5.41, 5.74) is 6.00. The van der Waals surface area contributed by atoms with Crippen molar-refractivity contribution in [2.45, 2.75) is 39.8 Å². The zero-order chi connectivity index (χ0) is 19.7. The fraction of sp³-hybridized carbons (Fsp3) is 0.286. The second kappa shape index (κ2) is 7.56. The predicted molar refractivity (Wildman–Crippen MR) is 108 cm³/mol. The van der Waals surface area contributed by atoms with Crippen molar-refractivity contribution >= 4 is 23.3 Å². The van der Waals surface area contributed by atoms with E-state index < -0.39 is 0 Å². The van der Waals surface area contributed by atoms with Crippen molar-refractivity contribution in [2.75, 3.05) is 5.75 Å². The van der Waals surface area contributed by atoms with E-state index in [4.69, 9.17) is 0 Å². The van der Waals surface area contributed by atoms with E-state index in [9.17, 15) is 9.59 Å². The number of Topliss-reactive ketones (excluding diaryl/α,β-unsaturated/α-hetero) is 2. The smallest absolute Gasteiger partial charge is 0.189 e. The molecule has 0 radical (unpaired) electrons. The monoisotopic (exact) mass is 381 g/mol. The fourth-order valence-electron chi connectivity index (χ4n) is 3.41. The highest BCUT2D eigenvalue weighted by Gasteiger charge is 2.20. The lowest BCUT2D eigenvalue weighted by Gasteiger charge is -2.11. The van der Waals surface area contributed by atoms with E-state index in [0.29, 0.717) is 11.3 Å². The molecule has 1 N–H and O–H groups in total. The van der Waals surface area contributed by atoms with Gasteiger partial charge in [-0.1, -0.05) is 29.5 Å². The molecule has 3 aromatic rings. The molecule has 27 heavy (non-hydrogen) atoms. The van der Waals surface area contributed by atoms with Crippen LogP contribution in [0.25, 0.3) is 5.69 Å². The van der Waals surface area contributed by atoms with E-state index in [1.807, 2.05) is 24.6 Å². The number of nitrogens with one attached hydrogen (secondary N) is 1. The van der Waals surface area contributed by atoms with Crippen LogP contribution in [0, 0.1) is 27.7 Å². The zero-order valence-corrected chi connectivity index (χ0v) is 17.0. The Morgan fingerprint density at radius 3 is 2.56 bits per heavy atom. The quantitative estimate of drug-likeness (QED) is 0.500. The molecule has 0 saturated heterocycles. The molecule has 0 atom stereocenters. The van der Waals surface area contributed by atoms with Gasteiger partial charge >= 0.3 is 0 Å². The molecule has 6 heteroatoms. The number of H-pyrrole nitrogens is 1. The van der Waals surface area contributed by atoms with Gasteiger partial charge in [0.1, 0.15) is 0 Å². The number of benzene rings is 1. The number of hydrogen-bond donors (Lipinski definition) is 1. The number of ketones is 2. The molecule has 0 bridgehead atoms. The molecule has 3 rings (SSSR count). The molecule has 0 aliphatic rings. The molecule has 2 heterocycles. The summed E-state index contributed by atoms with van der Waals surface area (Å²) in [6.45, 7) is 9.29. The van der Waals surface area contributed by atoms with E-state index in [0.717, 1.165) is 27.7 Å². The van der Waals surface area contributed by atoms with Crippen LogP contribution < -0.4 is 0 Å². The van der Waals surface area contributed by atoms with Gasteiger partial charge < -0.3 is 4.98 Å². The minimum Gasteiger partial charge on any atom is -0.355 e. The van der Waals surface area contributed by atoms with Crippen molar-refractivity contribution in [1.29, 1.82) is 0 Å². The summed E-state index contributed by atoms with van der Waals surface area (Å²) in [4.78, 5) is 32.0. The third kappa shape index (κ3) is 3.76. The molecule has 0 amide bonds. The van der Waals surface area contributed by atoms with Gasteiger partial charge in [0.05, 0.1) is 17.1 Å². The SMILES string of the molecule is CC(=O)c1c(C)[nH]c(C(=O)CSc2nccn2-c2ccc(C)cc2C)c1C. The van der Waals surface area contributed by atoms with Crippen LogP contribution in [0.1, 0.15) is 50.2 Å². The van der Waals surface area contributed by atoms with E-state index >= 15 is 0 Å². The minimum absolute atomic E-state index is 0.0293. The number of aromatic amines is 1. The Kier molecular flexibility index (Phi) is 5.37. The van der Waals surface area contributed by atoms with Crippen LogP contribution in [0.2, 0.25) is 0 Å². The lowest BCUT2D eigenvalue weighted by Crippen LogP contribution is -2.07. The Hall–Kier alpha value is -2.60. The highest BCUT2D eigenvalue weighted by Crippen LogP contribution is 2.25. The highest BCUT2D eigenvalue weighted by atomic mass is 32.2. The van der Waals surface area contributed by atoms with E-state index in [2.05, 4.69) is 42.0 Å². The number of imidazole rings is 1. The maximum atomic E-state index is 12.7. The first-order valence-electron chi connectivity index (χ1n) is 8.76. The Morgan fingerprint density at radius 2 is 1.93 bits per heavy atom. The molecule has 140 valence electrons. The van der Waals surface area contributed by atoms with Crippen molar-refractivity contribution < 1.29 is 9.59 Å². The number of thioether (sulfide) groups is 1. The summed E-state index contributed by atoms with van der Waals surface area (Å²) in [5.74, 6) is 0.182. The van der Waals surface area contributed by atoms with Crippen molar-refractivity contribution in [3.63, 3.8) is 0 Å². The Labute approximate surface area is 163 Å². The Balaban J connectivity index is 1.81. The van der Waals surface area contributed by atoms with Crippen LogP contribution in [-0.4, -0.2) is 31.9 Å². The van der Waals surface area contributed by atoms with Crippen LogP contribution in [0.5, 0.6) is 0 Å². The third-order valence-electron chi connectivity index (χ3n) is 4.62. The van der Waals surface area contributed by atoms with E-state index in [1.54, 1.807) is 6.20 Å². The summed E-state index contributed by atoms with van der Waals surface area (Å²) in [7, 11) is 0.